The first-order chi connectivity index (χ1) is 9.93. The number of thioether (sulfide) groups is 1. The summed E-state index contributed by atoms with van der Waals surface area (Å²) < 4.78 is 11.6. The van der Waals surface area contributed by atoms with Gasteiger partial charge in [-0.05, 0) is 42.9 Å². The van der Waals surface area contributed by atoms with E-state index in [1.165, 1.54) is 29.9 Å². The molecule has 0 aliphatic carbocycles. The molecule has 0 saturated carbocycles. The average molecular weight is 293 g/mol. The van der Waals surface area contributed by atoms with Gasteiger partial charge in [-0.15, -0.1) is 0 Å². The van der Waals surface area contributed by atoms with Crippen LogP contribution in [0.2, 0.25) is 0 Å². The first kappa shape index (κ1) is 14.1. The van der Waals surface area contributed by atoms with Crippen molar-refractivity contribution in [3.8, 4) is 11.5 Å². The molecule has 0 atom stereocenters. The molecule has 1 N–H and O–H groups in total. The largest absolute Gasteiger partial charge is 0.490 e. The van der Waals surface area contributed by atoms with Crippen molar-refractivity contribution in [2.75, 3.05) is 31.3 Å². The zero-order valence-corrected chi connectivity index (χ0v) is 12.7. The summed E-state index contributed by atoms with van der Waals surface area (Å²) in [6.07, 6.45) is 3.66. The number of hydrogen-bond acceptors (Lipinski definition) is 4. The molecule has 1 saturated heterocycles. The van der Waals surface area contributed by atoms with E-state index < -0.39 is 0 Å². The molecule has 1 fully saturated rings. The number of para-hydroxylation sites is 1. The molecule has 2 heterocycles. The molecule has 3 rings (SSSR count). The maximum absolute atomic E-state index is 5.85. The molecule has 3 nitrogen and oxygen atoms in total. The first-order valence-electron chi connectivity index (χ1n) is 7.59. The van der Waals surface area contributed by atoms with Gasteiger partial charge in [0.1, 0.15) is 0 Å². The third-order valence-electron chi connectivity index (χ3n) is 3.94. The van der Waals surface area contributed by atoms with E-state index in [1.54, 1.807) is 0 Å². The highest BCUT2D eigenvalue weighted by Crippen LogP contribution is 2.33. The Balaban J connectivity index is 1.57. The Labute approximate surface area is 125 Å². The van der Waals surface area contributed by atoms with Crippen LogP contribution in [0, 0.1) is 5.92 Å². The summed E-state index contributed by atoms with van der Waals surface area (Å²) >= 11 is 2.09. The molecule has 0 unspecified atom stereocenters. The molecule has 0 amide bonds. The molecule has 0 bridgehead atoms. The average Bonchev–Trinajstić information content (AvgIpc) is 2.74. The minimum atomic E-state index is 0.754. The zero-order valence-electron chi connectivity index (χ0n) is 11.9. The molecule has 0 aromatic heterocycles. The van der Waals surface area contributed by atoms with E-state index in [9.17, 15) is 0 Å². The lowest BCUT2D eigenvalue weighted by Gasteiger charge is -2.22. The predicted molar refractivity (Wildman–Crippen MR) is 83.8 cm³/mol. The summed E-state index contributed by atoms with van der Waals surface area (Å²) in [5.74, 6) is 5.33. The van der Waals surface area contributed by atoms with Crippen LogP contribution in [-0.2, 0) is 6.54 Å². The molecule has 110 valence electrons. The molecule has 20 heavy (non-hydrogen) atoms. The zero-order chi connectivity index (χ0) is 13.6. The molecule has 2 aliphatic heterocycles. The van der Waals surface area contributed by atoms with Crippen LogP contribution < -0.4 is 14.8 Å². The van der Waals surface area contributed by atoms with Gasteiger partial charge in [0.2, 0.25) is 0 Å². The number of benzene rings is 1. The van der Waals surface area contributed by atoms with Gasteiger partial charge in [0.25, 0.3) is 0 Å². The van der Waals surface area contributed by atoms with Crippen LogP contribution in [0.15, 0.2) is 18.2 Å². The second kappa shape index (κ2) is 7.23. The van der Waals surface area contributed by atoms with Gasteiger partial charge < -0.3 is 14.8 Å². The summed E-state index contributed by atoms with van der Waals surface area (Å²) in [7, 11) is 0. The van der Waals surface area contributed by atoms with E-state index in [0.29, 0.717) is 0 Å². The van der Waals surface area contributed by atoms with E-state index in [1.807, 2.05) is 6.07 Å². The van der Waals surface area contributed by atoms with Crippen molar-refractivity contribution in [1.29, 1.82) is 0 Å². The van der Waals surface area contributed by atoms with Crippen molar-refractivity contribution in [3.05, 3.63) is 23.8 Å². The van der Waals surface area contributed by atoms with E-state index in [4.69, 9.17) is 9.47 Å². The Morgan fingerprint density at radius 2 is 2.00 bits per heavy atom. The highest BCUT2D eigenvalue weighted by atomic mass is 32.2. The van der Waals surface area contributed by atoms with E-state index in [-0.39, 0.29) is 0 Å². The highest BCUT2D eigenvalue weighted by molar-refractivity contribution is 7.99. The predicted octanol–water partition coefficient (Wildman–Crippen LogP) is 3.08. The minimum Gasteiger partial charge on any atom is -0.490 e. The van der Waals surface area contributed by atoms with Gasteiger partial charge in [-0.2, -0.15) is 11.8 Å². The molecule has 2 aliphatic rings. The van der Waals surface area contributed by atoms with Crippen molar-refractivity contribution >= 4 is 11.8 Å². The van der Waals surface area contributed by atoms with Gasteiger partial charge >= 0.3 is 0 Å². The molecule has 0 radical (unpaired) electrons. The number of fused-ring (bicyclic) bond motifs is 1. The molecule has 4 heteroatoms. The van der Waals surface area contributed by atoms with E-state index in [2.05, 4.69) is 29.2 Å². The lowest BCUT2D eigenvalue weighted by atomic mass is 10.0. The maximum Gasteiger partial charge on any atom is 0.165 e. The summed E-state index contributed by atoms with van der Waals surface area (Å²) in [5.41, 5.74) is 1.22. The molecule has 1 aromatic rings. The van der Waals surface area contributed by atoms with Crippen molar-refractivity contribution in [3.63, 3.8) is 0 Å². The monoisotopic (exact) mass is 293 g/mol. The Kier molecular flexibility index (Phi) is 5.09. The van der Waals surface area contributed by atoms with Crippen molar-refractivity contribution < 1.29 is 9.47 Å². The molecular weight excluding hydrogens is 270 g/mol. The van der Waals surface area contributed by atoms with Gasteiger partial charge in [-0.1, -0.05) is 12.1 Å². The number of hydrogen-bond donors (Lipinski definition) is 1. The molecule has 0 spiro atoms. The molecular formula is C16H23NO2S. The van der Waals surface area contributed by atoms with E-state index in [0.717, 1.165) is 50.1 Å². The quantitative estimate of drug-likeness (QED) is 0.924. The first-order valence-corrected chi connectivity index (χ1v) is 8.75. The van der Waals surface area contributed by atoms with Crippen LogP contribution in [0.4, 0.5) is 0 Å². The van der Waals surface area contributed by atoms with Gasteiger partial charge in [0.05, 0.1) is 13.2 Å². The SMILES string of the molecule is c1cc(CNCC2CCSCC2)c2c(c1)OCCCO2. The summed E-state index contributed by atoms with van der Waals surface area (Å²) in [6, 6.07) is 6.20. The second-order valence-corrected chi connectivity index (χ2v) is 6.71. The van der Waals surface area contributed by atoms with Gasteiger partial charge in [0, 0.05) is 18.5 Å². The second-order valence-electron chi connectivity index (χ2n) is 5.48. The summed E-state index contributed by atoms with van der Waals surface area (Å²) in [4.78, 5) is 0. The fourth-order valence-electron chi connectivity index (χ4n) is 2.75. The lowest BCUT2D eigenvalue weighted by Crippen LogP contribution is -2.25. The minimum absolute atomic E-state index is 0.754. The summed E-state index contributed by atoms with van der Waals surface area (Å²) in [5, 5.41) is 3.60. The Morgan fingerprint density at radius 1 is 1.15 bits per heavy atom. The Bertz CT molecular complexity index is 432. The molecule has 1 aromatic carbocycles. The fourth-order valence-corrected chi connectivity index (χ4v) is 3.96. The number of nitrogens with one attached hydrogen (secondary N) is 1. The van der Waals surface area contributed by atoms with Crippen molar-refractivity contribution in [2.45, 2.75) is 25.8 Å². The van der Waals surface area contributed by atoms with Crippen LogP contribution in [0.3, 0.4) is 0 Å². The van der Waals surface area contributed by atoms with Gasteiger partial charge in [-0.3, -0.25) is 0 Å². The van der Waals surface area contributed by atoms with Gasteiger partial charge in [0.15, 0.2) is 11.5 Å². The lowest BCUT2D eigenvalue weighted by molar-refractivity contribution is 0.295. The summed E-state index contributed by atoms with van der Waals surface area (Å²) in [6.45, 7) is 3.49. The maximum atomic E-state index is 5.85. The number of rotatable bonds is 4. The van der Waals surface area contributed by atoms with Crippen LogP contribution >= 0.6 is 11.8 Å². The third kappa shape index (κ3) is 3.61. The number of ether oxygens (including phenoxy) is 2. The fraction of sp³-hybridized carbons (Fsp3) is 0.625. The Hall–Kier alpha value is -0.870. The van der Waals surface area contributed by atoms with Crippen LogP contribution in [0.5, 0.6) is 11.5 Å². The Morgan fingerprint density at radius 3 is 2.90 bits per heavy atom. The smallest absolute Gasteiger partial charge is 0.165 e. The standard InChI is InChI=1S/C16H23NO2S/c1-3-14(12-17-11-13-5-9-20-10-6-13)16-15(4-1)18-7-2-8-19-16/h1,3-4,13,17H,2,5-12H2. The normalized spacial score (nSPS) is 19.6. The van der Waals surface area contributed by atoms with Crippen molar-refractivity contribution in [1.82, 2.24) is 5.32 Å². The van der Waals surface area contributed by atoms with Crippen molar-refractivity contribution in [2.24, 2.45) is 5.92 Å². The van der Waals surface area contributed by atoms with Crippen LogP contribution in [0.25, 0.3) is 0 Å². The highest BCUT2D eigenvalue weighted by Gasteiger charge is 2.16. The van der Waals surface area contributed by atoms with Crippen LogP contribution in [0.1, 0.15) is 24.8 Å². The van der Waals surface area contributed by atoms with Gasteiger partial charge in [-0.25, -0.2) is 0 Å². The van der Waals surface area contributed by atoms with Crippen LogP contribution in [-0.4, -0.2) is 31.3 Å². The third-order valence-corrected chi connectivity index (χ3v) is 4.99. The van der Waals surface area contributed by atoms with E-state index >= 15 is 0 Å². The topological polar surface area (TPSA) is 30.5 Å².